The molecule has 0 saturated carbocycles. The smallest absolute Gasteiger partial charge is 0.331 e. The van der Waals surface area contributed by atoms with Crippen LogP contribution in [0, 0.1) is 17.2 Å². The number of carbonyl (C=O) groups excluding carboxylic acids is 7. The Hall–Kier alpha value is -4.02. The van der Waals surface area contributed by atoms with Crippen molar-refractivity contribution in [2.24, 2.45) is 5.92 Å². The first-order chi connectivity index (χ1) is 16.2. The number of ether oxygens (including phenoxy) is 6. The molecule has 0 heterocycles. The summed E-state index contributed by atoms with van der Waals surface area (Å²) in [5, 5.41) is 9.37. The van der Waals surface area contributed by atoms with Crippen LogP contribution < -0.4 is 0 Å². The Morgan fingerprint density at radius 1 is 0.686 bits per heavy atom. The standard InChI is InChI=1S/C21H27NO13/c1-7-30-21(29)15(8-22)17(28)19(34-13(5)26)20(35-14(6)27)18(33-12(4)25)16(32-11(3)24)9-31-10(2)23/h15-16,18-20H,7,9H2,1-6H3/t15?,16-,18+,19+,20+/m1/s1. The third kappa shape index (κ3) is 11.1. The summed E-state index contributed by atoms with van der Waals surface area (Å²) in [4.78, 5) is 83.7. The van der Waals surface area contributed by atoms with Crippen molar-refractivity contribution >= 4 is 41.6 Å². The Kier molecular flexibility index (Phi) is 13.3. The molecule has 0 bridgehead atoms. The van der Waals surface area contributed by atoms with E-state index in [2.05, 4.69) is 4.74 Å². The van der Waals surface area contributed by atoms with Gasteiger partial charge in [-0.15, -0.1) is 0 Å². The van der Waals surface area contributed by atoms with E-state index >= 15 is 0 Å². The van der Waals surface area contributed by atoms with Gasteiger partial charge in [0.25, 0.3) is 0 Å². The summed E-state index contributed by atoms with van der Waals surface area (Å²) in [6, 6.07) is 1.41. The molecule has 0 radical (unpaired) electrons. The molecular formula is C21H27NO13. The van der Waals surface area contributed by atoms with E-state index in [1.807, 2.05) is 0 Å². The quantitative estimate of drug-likeness (QED) is 0.178. The topological polar surface area (TPSA) is 199 Å². The number of Topliss-reactive ketones (excluding diaryl/α,β-unsaturated/α-hetero) is 1. The molecule has 0 aliphatic carbocycles. The number of rotatable bonds is 13. The van der Waals surface area contributed by atoms with Crippen LogP contribution in [0.25, 0.3) is 0 Å². The third-order valence-electron chi connectivity index (χ3n) is 3.87. The Bertz CT molecular complexity index is 875. The second-order valence-electron chi connectivity index (χ2n) is 6.85. The molecule has 35 heavy (non-hydrogen) atoms. The average molecular weight is 501 g/mol. The molecule has 5 atom stereocenters. The number of hydrogen-bond acceptors (Lipinski definition) is 14. The summed E-state index contributed by atoms with van der Waals surface area (Å²) in [5.41, 5.74) is 0. The minimum atomic E-state index is -2.20. The molecule has 14 nitrogen and oxygen atoms in total. The summed E-state index contributed by atoms with van der Waals surface area (Å²) < 4.78 is 29.7. The van der Waals surface area contributed by atoms with Crippen molar-refractivity contribution in [3.63, 3.8) is 0 Å². The van der Waals surface area contributed by atoms with Crippen molar-refractivity contribution in [1.82, 2.24) is 0 Å². The van der Waals surface area contributed by atoms with Crippen molar-refractivity contribution in [2.75, 3.05) is 13.2 Å². The lowest BCUT2D eigenvalue weighted by molar-refractivity contribution is -0.203. The number of nitrogens with zero attached hydrogens (tertiary/aromatic N) is 1. The van der Waals surface area contributed by atoms with E-state index in [-0.39, 0.29) is 6.61 Å². The fraction of sp³-hybridized carbons (Fsp3) is 0.619. The molecule has 1 unspecified atom stereocenters. The lowest BCUT2D eigenvalue weighted by Gasteiger charge is -2.35. The summed E-state index contributed by atoms with van der Waals surface area (Å²) in [6.07, 6.45) is -7.81. The van der Waals surface area contributed by atoms with Crippen LogP contribution in [0.1, 0.15) is 41.5 Å². The monoisotopic (exact) mass is 501 g/mol. The molecule has 194 valence electrons. The van der Waals surface area contributed by atoms with Crippen LogP contribution in [0.4, 0.5) is 0 Å². The van der Waals surface area contributed by atoms with Gasteiger partial charge in [-0.05, 0) is 6.92 Å². The minimum absolute atomic E-state index is 0.192. The molecule has 14 heteroatoms. The maximum Gasteiger partial charge on any atom is 0.331 e. The molecule has 0 spiro atoms. The predicted molar refractivity (Wildman–Crippen MR) is 110 cm³/mol. The zero-order valence-corrected chi connectivity index (χ0v) is 20.1. The first-order valence-electron chi connectivity index (χ1n) is 10.2. The van der Waals surface area contributed by atoms with E-state index in [0.717, 1.165) is 34.6 Å². The maximum absolute atomic E-state index is 13.1. The average Bonchev–Trinajstić information content (AvgIpc) is 2.71. The molecule has 0 aromatic carbocycles. The fourth-order valence-electron chi connectivity index (χ4n) is 2.74. The van der Waals surface area contributed by atoms with E-state index in [0.29, 0.717) is 0 Å². The van der Waals surface area contributed by atoms with Crippen LogP contribution in [-0.4, -0.2) is 79.2 Å². The van der Waals surface area contributed by atoms with Gasteiger partial charge in [-0.2, -0.15) is 5.26 Å². The minimum Gasteiger partial charge on any atom is -0.465 e. The molecule has 0 aliphatic rings. The van der Waals surface area contributed by atoms with Crippen molar-refractivity contribution in [3.8, 4) is 6.07 Å². The van der Waals surface area contributed by atoms with E-state index in [9.17, 15) is 38.8 Å². The van der Waals surface area contributed by atoms with Crippen LogP contribution in [-0.2, 0) is 62.0 Å². The number of nitriles is 1. The highest BCUT2D eigenvalue weighted by Crippen LogP contribution is 2.23. The SMILES string of the molecule is CCOC(=O)C(C#N)C(=O)[C@H](OC(C)=O)[C@@H](OC(C)=O)[C@@H](OC(C)=O)[C@@H](COC(C)=O)OC(C)=O. The van der Waals surface area contributed by atoms with Gasteiger partial charge in [0.05, 0.1) is 12.7 Å². The largest absolute Gasteiger partial charge is 0.465 e. The van der Waals surface area contributed by atoms with Crippen molar-refractivity contribution in [3.05, 3.63) is 0 Å². The molecule has 0 fully saturated rings. The molecular weight excluding hydrogens is 474 g/mol. The van der Waals surface area contributed by atoms with Gasteiger partial charge in [0, 0.05) is 34.6 Å². The summed E-state index contributed by atoms with van der Waals surface area (Å²) >= 11 is 0. The normalized spacial score (nSPS) is 14.4. The Balaban J connectivity index is 6.78. The molecule has 0 saturated heterocycles. The van der Waals surface area contributed by atoms with E-state index < -0.39 is 78.5 Å². The van der Waals surface area contributed by atoms with Gasteiger partial charge in [0.1, 0.15) is 6.61 Å². The van der Waals surface area contributed by atoms with Crippen LogP contribution in [0.2, 0.25) is 0 Å². The highest BCUT2D eigenvalue weighted by Gasteiger charge is 2.49. The zero-order valence-electron chi connectivity index (χ0n) is 20.1. The molecule has 0 aromatic rings. The van der Waals surface area contributed by atoms with Gasteiger partial charge in [-0.25, -0.2) is 0 Å². The second-order valence-corrected chi connectivity index (χ2v) is 6.85. The number of carbonyl (C=O) groups is 7. The van der Waals surface area contributed by atoms with Gasteiger partial charge in [0.15, 0.2) is 18.3 Å². The Morgan fingerprint density at radius 3 is 1.57 bits per heavy atom. The first-order valence-corrected chi connectivity index (χ1v) is 10.2. The maximum atomic E-state index is 13.1. The van der Waals surface area contributed by atoms with Gasteiger partial charge in [-0.3, -0.25) is 33.6 Å². The number of esters is 6. The van der Waals surface area contributed by atoms with Gasteiger partial charge >= 0.3 is 35.8 Å². The lowest BCUT2D eigenvalue weighted by Crippen LogP contribution is -2.56. The van der Waals surface area contributed by atoms with Gasteiger partial charge < -0.3 is 28.4 Å². The molecule has 0 amide bonds. The van der Waals surface area contributed by atoms with Crippen LogP contribution in [0.5, 0.6) is 0 Å². The molecule has 0 aromatic heterocycles. The van der Waals surface area contributed by atoms with Crippen LogP contribution in [0.15, 0.2) is 0 Å². The van der Waals surface area contributed by atoms with Crippen molar-refractivity contribution in [2.45, 2.75) is 66.0 Å². The summed E-state index contributed by atoms with van der Waals surface area (Å²) in [7, 11) is 0. The third-order valence-corrected chi connectivity index (χ3v) is 3.87. The highest BCUT2D eigenvalue weighted by atomic mass is 16.6. The highest BCUT2D eigenvalue weighted by molar-refractivity contribution is 6.04. The van der Waals surface area contributed by atoms with E-state index in [1.165, 1.54) is 13.0 Å². The molecule has 0 N–H and O–H groups in total. The van der Waals surface area contributed by atoms with Gasteiger partial charge in [0.2, 0.25) is 17.8 Å². The van der Waals surface area contributed by atoms with Crippen LogP contribution >= 0.6 is 0 Å². The Morgan fingerprint density at radius 2 is 1.17 bits per heavy atom. The lowest BCUT2D eigenvalue weighted by atomic mass is 9.92. The first kappa shape index (κ1) is 31.0. The molecule has 0 rings (SSSR count). The fourth-order valence-corrected chi connectivity index (χ4v) is 2.74. The second kappa shape index (κ2) is 15.0. The molecule has 0 aliphatic heterocycles. The summed E-state index contributed by atoms with van der Waals surface area (Å²) in [5.74, 6) is -9.76. The predicted octanol–water partition coefficient (Wildman–Crippen LogP) is -0.452. The van der Waals surface area contributed by atoms with Gasteiger partial charge in [-0.1, -0.05) is 0 Å². The van der Waals surface area contributed by atoms with Crippen LogP contribution in [0.3, 0.4) is 0 Å². The van der Waals surface area contributed by atoms with Crippen molar-refractivity contribution in [1.29, 1.82) is 5.26 Å². The van der Waals surface area contributed by atoms with E-state index in [4.69, 9.17) is 23.7 Å². The zero-order chi connectivity index (χ0) is 27.3. The van der Waals surface area contributed by atoms with E-state index in [1.54, 1.807) is 0 Å². The van der Waals surface area contributed by atoms with Crippen molar-refractivity contribution < 1.29 is 62.0 Å². The summed E-state index contributed by atoms with van der Waals surface area (Å²) in [6.45, 7) is 5.18. The number of hydrogen-bond donors (Lipinski definition) is 0. The Labute approximate surface area is 200 Å². The number of ketones is 1.